The zero-order valence-electron chi connectivity index (χ0n) is 13.1. The molecule has 0 spiro atoms. The van der Waals surface area contributed by atoms with Crippen LogP contribution < -0.4 is 10.6 Å². The van der Waals surface area contributed by atoms with Crippen molar-refractivity contribution in [2.45, 2.75) is 25.3 Å². The topological polar surface area (TPSA) is 75.6 Å². The molecule has 4 rings (SSSR count). The molecule has 2 aliphatic heterocycles. The summed E-state index contributed by atoms with van der Waals surface area (Å²) in [6.07, 6.45) is 2.63. The highest BCUT2D eigenvalue weighted by molar-refractivity contribution is 5.79. The highest BCUT2D eigenvalue weighted by Gasteiger charge is 2.32. The zero-order valence-corrected chi connectivity index (χ0v) is 13.1. The molecule has 6 heteroatoms. The van der Waals surface area contributed by atoms with Crippen molar-refractivity contribution in [3.05, 3.63) is 24.3 Å². The second-order valence-corrected chi connectivity index (χ2v) is 6.56. The number of hydrogen-bond acceptors (Lipinski definition) is 5. The number of oxazole rings is 1. The van der Waals surface area contributed by atoms with Crippen LogP contribution in [0, 0.1) is 5.92 Å². The molecule has 0 bridgehead atoms. The van der Waals surface area contributed by atoms with Crippen LogP contribution in [-0.2, 0) is 4.79 Å². The number of rotatable bonds is 2. The van der Waals surface area contributed by atoms with Crippen molar-refractivity contribution in [3.8, 4) is 0 Å². The smallest absolute Gasteiger partial charge is 0.298 e. The molecule has 23 heavy (non-hydrogen) atoms. The summed E-state index contributed by atoms with van der Waals surface area (Å²) in [6, 6.07) is 8.61. The van der Waals surface area contributed by atoms with Gasteiger partial charge < -0.3 is 20.0 Å². The van der Waals surface area contributed by atoms with Crippen LogP contribution in [-0.4, -0.2) is 48.0 Å². The third-order valence-electron chi connectivity index (χ3n) is 4.93. The molecule has 2 fully saturated rings. The molecule has 2 saturated heterocycles. The van der Waals surface area contributed by atoms with E-state index in [0.29, 0.717) is 12.6 Å². The predicted octanol–water partition coefficient (Wildman–Crippen LogP) is 1.60. The lowest BCUT2D eigenvalue weighted by Crippen LogP contribution is -2.42. The van der Waals surface area contributed by atoms with Gasteiger partial charge in [-0.05, 0) is 31.4 Å². The summed E-state index contributed by atoms with van der Waals surface area (Å²) in [7, 11) is 0. The molecule has 2 aromatic rings. The fourth-order valence-corrected chi connectivity index (χ4v) is 3.56. The molecule has 2 N–H and O–H groups in total. The minimum absolute atomic E-state index is 0.112. The molecule has 1 atom stereocenters. The Morgan fingerprint density at radius 3 is 2.65 bits per heavy atom. The Labute approximate surface area is 135 Å². The van der Waals surface area contributed by atoms with Gasteiger partial charge in [-0.15, -0.1) is 0 Å². The largest absolute Gasteiger partial charge is 0.423 e. The lowest BCUT2D eigenvalue weighted by atomic mass is 9.95. The first kappa shape index (κ1) is 14.5. The molecule has 6 nitrogen and oxygen atoms in total. The predicted molar refractivity (Wildman–Crippen MR) is 88.1 cm³/mol. The first-order valence-corrected chi connectivity index (χ1v) is 8.35. The molecule has 3 heterocycles. The Kier molecular flexibility index (Phi) is 3.69. The van der Waals surface area contributed by atoms with Crippen molar-refractivity contribution < 1.29 is 9.21 Å². The Morgan fingerprint density at radius 1 is 1.17 bits per heavy atom. The highest BCUT2D eigenvalue weighted by Crippen LogP contribution is 2.27. The maximum absolute atomic E-state index is 12.5. The second-order valence-electron chi connectivity index (χ2n) is 6.56. The molecule has 0 saturated carbocycles. The lowest BCUT2D eigenvalue weighted by Gasteiger charge is -2.32. The number of nitrogens with zero attached hydrogens (tertiary/aromatic N) is 3. The van der Waals surface area contributed by atoms with E-state index in [1.807, 2.05) is 29.2 Å². The van der Waals surface area contributed by atoms with Gasteiger partial charge in [-0.25, -0.2) is 0 Å². The van der Waals surface area contributed by atoms with Gasteiger partial charge in [-0.2, -0.15) is 4.98 Å². The summed E-state index contributed by atoms with van der Waals surface area (Å²) in [4.78, 5) is 21.2. The minimum atomic E-state index is 0.112. The fourth-order valence-electron chi connectivity index (χ4n) is 3.56. The Balaban J connectivity index is 1.39. The number of anilines is 1. The van der Waals surface area contributed by atoms with Crippen LogP contribution in [0.4, 0.5) is 6.01 Å². The van der Waals surface area contributed by atoms with Gasteiger partial charge in [-0.1, -0.05) is 12.1 Å². The number of nitrogens with two attached hydrogens (primary N) is 1. The summed E-state index contributed by atoms with van der Waals surface area (Å²) in [5, 5.41) is 0. The lowest BCUT2D eigenvalue weighted by molar-refractivity contribution is -0.135. The van der Waals surface area contributed by atoms with E-state index >= 15 is 0 Å². The quantitative estimate of drug-likeness (QED) is 0.911. The maximum Gasteiger partial charge on any atom is 0.298 e. The number of carbonyl (C=O) groups is 1. The first-order valence-electron chi connectivity index (χ1n) is 8.35. The average molecular weight is 314 g/mol. The van der Waals surface area contributed by atoms with Gasteiger partial charge in [0.05, 0.1) is 0 Å². The third-order valence-corrected chi connectivity index (χ3v) is 4.93. The Bertz CT molecular complexity index is 672. The molecule has 0 aliphatic carbocycles. The molecule has 1 amide bonds. The third kappa shape index (κ3) is 2.79. The van der Waals surface area contributed by atoms with Crippen molar-refractivity contribution in [2.24, 2.45) is 11.7 Å². The summed E-state index contributed by atoms with van der Waals surface area (Å²) < 4.78 is 5.82. The van der Waals surface area contributed by atoms with Crippen molar-refractivity contribution >= 4 is 23.0 Å². The number of hydrogen-bond donors (Lipinski definition) is 1. The van der Waals surface area contributed by atoms with Crippen molar-refractivity contribution in [1.29, 1.82) is 0 Å². The van der Waals surface area contributed by atoms with Crippen LogP contribution in [0.2, 0.25) is 0 Å². The standard InChI is InChI=1S/C17H22N4O2/c18-13-7-10-21(11-13)16(22)12-5-8-20(9-6-12)17-19-14-3-1-2-4-15(14)23-17/h1-4,12-13H,5-11,18H2/t13-/m1/s1. The van der Waals surface area contributed by atoms with E-state index in [9.17, 15) is 4.79 Å². The number of piperidine rings is 1. The molecule has 1 aromatic heterocycles. The zero-order chi connectivity index (χ0) is 15.8. The molecular formula is C17H22N4O2. The Morgan fingerprint density at radius 2 is 1.96 bits per heavy atom. The van der Waals surface area contributed by atoms with Crippen molar-refractivity contribution in [2.75, 3.05) is 31.1 Å². The van der Waals surface area contributed by atoms with E-state index in [0.717, 1.165) is 50.0 Å². The summed E-state index contributed by atoms with van der Waals surface area (Å²) in [5.74, 6) is 0.385. The summed E-state index contributed by atoms with van der Waals surface area (Å²) in [6.45, 7) is 3.14. The SMILES string of the molecule is N[C@@H]1CCN(C(=O)C2CCN(c3nc4ccccc4o3)CC2)C1. The molecule has 122 valence electrons. The number of aromatic nitrogens is 1. The number of para-hydroxylation sites is 2. The van der Waals surface area contributed by atoms with Crippen molar-refractivity contribution in [3.63, 3.8) is 0 Å². The van der Waals surface area contributed by atoms with E-state index < -0.39 is 0 Å². The fraction of sp³-hybridized carbons (Fsp3) is 0.529. The normalized spacial score (nSPS) is 22.9. The van der Waals surface area contributed by atoms with E-state index in [-0.39, 0.29) is 17.9 Å². The molecule has 0 radical (unpaired) electrons. The second kappa shape index (κ2) is 5.85. The summed E-state index contributed by atoms with van der Waals surface area (Å²) in [5.41, 5.74) is 7.60. The van der Waals surface area contributed by atoms with E-state index in [1.165, 1.54) is 0 Å². The first-order chi connectivity index (χ1) is 11.2. The van der Waals surface area contributed by atoms with E-state index in [1.54, 1.807) is 0 Å². The van der Waals surface area contributed by atoms with Crippen LogP contribution in [0.25, 0.3) is 11.1 Å². The van der Waals surface area contributed by atoms with Gasteiger partial charge in [0.2, 0.25) is 5.91 Å². The average Bonchev–Trinajstić information content (AvgIpc) is 3.20. The Hall–Kier alpha value is -2.08. The van der Waals surface area contributed by atoms with Gasteiger partial charge in [0.25, 0.3) is 6.01 Å². The maximum atomic E-state index is 12.5. The number of amides is 1. The minimum Gasteiger partial charge on any atom is -0.423 e. The van der Waals surface area contributed by atoms with Gasteiger partial charge in [-0.3, -0.25) is 4.79 Å². The monoisotopic (exact) mass is 314 g/mol. The van der Waals surface area contributed by atoms with E-state index in [2.05, 4.69) is 9.88 Å². The van der Waals surface area contributed by atoms with Gasteiger partial charge >= 0.3 is 0 Å². The molecule has 0 unspecified atom stereocenters. The van der Waals surface area contributed by atoms with Crippen LogP contribution in [0.1, 0.15) is 19.3 Å². The number of likely N-dealkylation sites (tertiary alicyclic amines) is 1. The van der Waals surface area contributed by atoms with Crippen molar-refractivity contribution in [1.82, 2.24) is 9.88 Å². The molecule has 1 aromatic carbocycles. The number of fused-ring (bicyclic) bond motifs is 1. The highest BCUT2D eigenvalue weighted by atomic mass is 16.4. The van der Waals surface area contributed by atoms with Crippen LogP contribution in [0.15, 0.2) is 28.7 Å². The number of benzene rings is 1. The van der Waals surface area contributed by atoms with Gasteiger partial charge in [0.15, 0.2) is 5.58 Å². The van der Waals surface area contributed by atoms with Crippen LogP contribution >= 0.6 is 0 Å². The van der Waals surface area contributed by atoms with Crippen LogP contribution in [0.5, 0.6) is 0 Å². The number of carbonyl (C=O) groups excluding carboxylic acids is 1. The van der Waals surface area contributed by atoms with Gasteiger partial charge in [0, 0.05) is 38.1 Å². The molecular weight excluding hydrogens is 292 g/mol. The van der Waals surface area contributed by atoms with Crippen LogP contribution in [0.3, 0.4) is 0 Å². The molecule has 2 aliphatic rings. The van der Waals surface area contributed by atoms with E-state index in [4.69, 9.17) is 10.2 Å². The van der Waals surface area contributed by atoms with Gasteiger partial charge in [0.1, 0.15) is 5.52 Å². The summed E-state index contributed by atoms with van der Waals surface area (Å²) >= 11 is 0.